The minimum Gasteiger partial charge on any atom is -0.544 e. The minimum absolute atomic E-state index is 0.0545. The first-order valence-corrected chi connectivity index (χ1v) is 14.4. The maximum atomic E-state index is 13.5. The van der Waals surface area contributed by atoms with Crippen molar-refractivity contribution in [1.82, 2.24) is 0 Å². The number of carbonyl (C=O) groups is 1. The van der Waals surface area contributed by atoms with E-state index in [1.807, 2.05) is 0 Å². The van der Waals surface area contributed by atoms with Crippen LogP contribution in [0.5, 0.6) is 0 Å². The molecular formula is C26H42O3Si. The molecule has 0 aromatic heterocycles. The van der Waals surface area contributed by atoms with Gasteiger partial charge in [-0.2, -0.15) is 0 Å². The summed E-state index contributed by atoms with van der Waals surface area (Å²) in [5.74, 6) is 1.39. The van der Waals surface area contributed by atoms with E-state index < -0.39 is 13.9 Å². The fourth-order valence-electron chi connectivity index (χ4n) is 7.70. The van der Waals surface area contributed by atoms with E-state index in [9.17, 15) is 4.79 Å². The Balaban J connectivity index is 1.77. The molecule has 0 aromatic carbocycles. The van der Waals surface area contributed by atoms with Gasteiger partial charge in [0.2, 0.25) is 0 Å². The molecule has 2 heterocycles. The van der Waals surface area contributed by atoms with Crippen LogP contribution in [0.1, 0.15) is 93.9 Å². The topological polar surface area (TPSA) is 35.5 Å². The summed E-state index contributed by atoms with van der Waals surface area (Å²) in [5, 5.41) is 0. The van der Waals surface area contributed by atoms with Crippen LogP contribution in [0.25, 0.3) is 0 Å². The van der Waals surface area contributed by atoms with Gasteiger partial charge in [0.15, 0.2) is 0 Å². The average molecular weight is 431 g/mol. The number of fused-ring (bicyclic) bond motifs is 1. The van der Waals surface area contributed by atoms with Gasteiger partial charge in [-0.25, -0.2) is 0 Å². The number of hydrogen-bond acceptors (Lipinski definition) is 3. The maximum absolute atomic E-state index is 13.5. The van der Waals surface area contributed by atoms with E-state index in [1.165, 1.54) is 24.0 Å². The maximum Gasteiger partial charge on any atom is 0.258 e. The summed E-state index contributed by atoms with van der Waals surface area (Å²) in [6.07, 6.45) is 8.44. The van der Waals surface area contributed by atoms with Gasteiger partial charge in [0, 0.05) is 18.3 Å². The molecule has 1 spiro atoms. The quantitative estimate of drug-likeness (QED) is 0.345. The second-order valence-electron chi connectivity index (χ2n) is 11.9. The zero-order valence-electron chi connectivity index (χ0n) is 20.4. The monoisotopic (exact) mass is 430 g/mol. The second-order valence-corrected chi connectivity index (χ2v) is 17.3. The highest BCUT2D eigenvalue weighted by atomic mass is 28.4. The summed E-state index contributed by atoms with van der Waals surface area (Å²) in [5.41, 5.74) is 3.79. The third-order valence-electron chi connectivity index (χ3n) is 8.80. The first-order chi connectivity index (χ1) is 14.0. The van der Waals surface area contributed by atoms with Crippen molar-refractivity contribution in [2.75, 3.05) is 0 Å². The van der Waals surface area contributed by atoms with Gasteiger partial charge < -0.3 is 9.16 Å². The predicted molar refractivity (Wildman–Crippen MR) is 125 cm³/mol. The van der Waals surface area contributed by atoms with Crippen LogP contribution in [-0.2, 0) is 14.0 Å². The lowest BCUT2D eigenvalue weighted by Crippen LogP contribution is -2.51. The number of hydrogen-bond donors (Lipinski definition) is 0. The van der Waals surface area contributed by atoms with E-state index in [0.717, 1.165) is 25.0 Å². The molecule has 168 valence electrons. The zero-order valence-corrected chi connectivity index (χ0v) is 21.4. The molecule has 0 saturated carbocycles. The molecule has 2 aliphatic carbocycles. The van der Waals surface area contributed by atoms with Crippen LogP contribution >= 0.6 is 0 Å². The van der Waals surface area contributed by atoms with Crippen LogP contribution in [0.2, 0.25) is 16.6 Å². The lowest BCUT2D eigenvalue weighted by atomic mass is 9.63. The Hall–Kier alpha value is -0.873. The van der Waals surface area contributed by atoms with Gasteiger partial charge in [-0.05, 0) is 48.4 Å². The first kappa shape index (κ1) is 22.3. The average Bonchev–Trinajstić information content (AvgIpc) is 3.04. The van der Waals surface area contributed by atoms with E-state index >= 15 is 0 Å². The number of carbonyl (C=O) groups excluding carboxylic acids is 1. The SMILES string of the molecule is CC(C)[Si](OC1=C[C@]23CC4=C(CCCC4)CC(=O)[C@H]2C(C)(C)[C@H]1O3)(C(C)C)C(C)C. The van der Waals surface area contributed by atoms with Gasteiger partial charge in [0.25, 0.3) is 8.32 Å². The Labute approximate surface area is 184 Å². The molecule has 2 aliphatic heterocycles. The summed E-state index contributed by atoms with van der Waals surface area (Å²) < 4.78 is 14.0. The van der Waals surface area contributed by atoms with Crippen molar-refractivity contribution < 1.29 is 14.0 Å². The fourth-order valence-corrected chi connectivity index (χ4v) is 13.0. The Morgan fingerprint density at radius 1 is 1.00 bits per heavy atom. The van der Waals surface area contributed by atoms with E-state index in [2.05, 4.69) is 61.5 Å². The molecule has 0 unspecified atom stereocenters. The highest BCUT2D eigenvalue weighted by Gasteiger charge is 2.68. The summed E-state index contributed by atoms with van der Waals surface area (Å²) in [6, 6.07) is 0. The largest absolute Gasteiger partial charge is 0.544 e. The number of ether oxygens (including phenoxy) is 1. The number of Topliss-reactive ketones (excluding diaryl/α,β-unsaturated/α-hetero) is 1. The summed E-state index contributed by atoms with van der Waals surface area (Å²) in [7, 11) is -2.06. The van der Waals surface area contributed by atoms with Crippen LogP contribution in [0.15, 0.2) is 23.0 Å². The number of ketones is 1. The van der Waals surface area contributed by atoms with E-state index in [0.29, 0.717) is 28.8 Å². The van der Waals surface area contributed by atoms with Crippen molar-refractivity contribution in [3.05, 3.63) is 23.0 Å². The third kappa shape index (κ3) is 3.03. The molecule has 2 bridgehead atoms. The molecule has 4 rings (SSSR count). The van der Waals surface area contributed by atoms with Crippen molar-refractivity contribution in [3.63, 3.8) is 0 Å². The van der Waals surface area contributed by atoms with Crippen LogP contribution in [0.3, 0.4) is 0 Å². The second kappa shape index (κ2) is 7.33. The first-order valence-electron chi connectivity index (χ1n) is 12.3. The molecule has 4 heteroatoms. The van der Waals surface area contributed by atoms with E-state index in [1.54, 1.807) is 0 Å². The molecule has 3 atom stereocenters. The molecule has 0 aromatic rings. The Bertz CT molecular complexity index is 766. The van der Waals surface area contributed by atoms with Crippen LogP contribution in [0, 0.1) is 11.3 Å². The standard InChI is InChI=1S/C26H42O3Si/c1-16(2)30(17(3)4,18(5)6)29-22-15-26-14-20-12-10-9-11-19(20)13-21(27)23(26)25(7,8)24(22)28-26/h15-18,23-24H,9-14H2,1-8H3/t23-,24-,26+/m0/s1. The zero-order chi connectivity index (χ0) is 22.1. The lowest BCUT2D eigenvalue weighted by Gasteiger charge is -2.45. The summed E-state index contributed by atoms with van der Waals surface area (Å²) >= 11 is 0. The Kier molecular flexibility index (Phi) is 5.46. The van der Waals surface area contributed by atoms with Gasteiger partial charge in [0.05, 0.1) is 5.92 Å². The molecule has 1 saturated heterocycles. The summed E-state index contributed by atoms with van der Waals surface area (Å²) in [4.78, 5) is 13.5. The van der Waals surface area contributed by atoms with Crippen molar-refractivity contribution in [3.8, 4) is 0 Å². The van der Waals surface area contributed by atoms with Crippen molar-refractivity contribution >= 4 is 14.1 Å². The molecule has 4 aliphatic rings. The molecule has 3 nitrogen and oxygen atoms in total. The van der Waals surface area contributed by atoms with Gasteiger partial charge in [-0.1, -0.05) is 66.5 Å². The number of rotatable bonds is 5. The van der Waals surface area contributed by atoms with Crippen LogP contribution in [-0.4, -0.2) is 25.8 Å². The highest BCUT2D eigenvalue weighted by molar-refractivity contribution is 6.77. The molecule has 0 N–H and O–H groups in total. The van der Waals surface area contributed by atoms with Crippen LogP contribution < -0.4 is 0 Å². The van der Waals surface area contributed by atoms with Crippen molar-refractivity contribution in [2.24, 2.45) is 11.3 Å². The van der Waals surface area contributed by atoms with E-state index in [4.69, 9.17) is 9.16 Å². The number of allylic oxidation sites excluding steroid dienone is 1. The smallest absolute Gasteiger partial charge is 0.258 e. The van der Waals surface area contributed by atoms with Crippen LogP contribution in [0.4, 0.5) is 0 Å². The molecule has 1 fully saturated rings. The summed E-state index contributed by atoms with van der Waals surface area (Å²) in [6.45, 7) is 18.5. The molecule has 0 amide bonds. The van der Waals surface area contributed by atoms with Gasteiger partial charge in [-0.3, -0.25) is 4.79 Å². The molecule has 0 radical (unpaired) electrons. The van der Waals surface area contributed by atoms with E-state index in [-0.39, 0.29) is 17.4 Å². The predicted octanol–water partition coefficient (Wildman–Crippen LogP) is 7.09. The van der Waals surface area contributed by atoms with Gasteiger partial charge in [0.1, 0.15) is 23.2 Å². The molecular weight excluding hydrogens is 388 g/mol. The lowest BCUT2D eigenvalue weighted by molar-refractivity contribution is -0.127. The minimum atomic E-state index is -2.06. The van der Waals surface area contributed by atoms with Gasteiger partial charge in [-0.15, -0.1) is 0 Å². The van der Waals surface area contributed by atoms with Gasteiger partial charge >= 0.3 is 0 Å². The normalized spacial score (nSPS) is 33.2. The van der Waals surface area contributed by atoms with Crippen molar-refractivity contribution in [2.45, 2.75) is 122 Å². The molecule has 30 heavy (non-hydrogen) atoms. The highest BCUT2D eigenvalue weighted by Crippen LogP contribution is 2.62. The Morgan fingerprint density at radius 2 is 1.57 bits per heavy atom. The fraction of sp³-hybridized carbons (Fsp3) is 0.808. The third-order valence-corrected chi connectivity index (χ3v) is 14.8. The Morgan fingerprint density at radius 3 is 2.13 bits per heavy atom. The van der Waals surface area contributed by atoms with Crippen molar-refractivity contribution in [1.29, 1.82) is 0 Å².